The average Bonchev–Trinajstić information content (AvgIpc) is 2.86. The number of aromatic nitrogens is 2. The highest BCUT2D eigenvalue weighted by Crippen LogP contribution is 2.21. The summed E-state index contributed by atoms with van der Waals surface area (Å²) in [5.74, 6) is 2.91. The number of carbonyl (C=O) groups excluding carboxylic acids is 1. The molecule has 0 aliphatic carbocycles. The predicted octanol–water partition coefficient (Wildman–Crippen LogP) is 2.28. The highest BCUT2D eigenvalue weighted by molar-refractivity contribution is 6.04. The Kier molecular flexibility index (Phi) is 4.18. The van der Waals surface area contributed by atoms with Crippen LogP contribution < -0.4 is 16.6 Å². The molecule has 6 nitrogen and oxygen atoms in total. The first-order valence-corrected chi connectivity index (χ1v) is 6.24. The molecule has 1 heterocycles. The van der Waals surface area contributed by atoms with Gasteiger partial charge in [-0.3, -0.25) is 10.6 Å². The summed E-state index contributed by atoms with van der Waals surface area (Å²) in [7, 11) is 0. The van der Waals surface area contributed by atoms with Gasteiger partial charge >= 0.3 is 0 Å². The fraction of sp³-hybridized carbons (Fsp3) is 0.231. The van der Waals surface area contributed by atoms with Crippen LogP contribution in [-0.2, 0) is 0 Å². The number of rotatable bonds is 4. The van der Waals surface area contributed by atoms with Gasteiger partial charge in [0.25, 0.3) is 5.91 Å². The van der Waals surface area contributed by atoms with E-state index in [0.717, 1.165) is 12.1 Å². The Morgan fingerprint density at radius 1 is 1.33 bits per heavy atom. The van der Waals surface area contributed by atoms with Crippen LogP contribution in [0.4, 0.5) is 20.3 Å². The number of hydrazine groups is 1. The number of amides is 1. The molecule has 0 saturated carbocycles. The molecule has 0 spiro atoms. The summed E-state index contributed by atoms with van der Waals surface area (Å²) in [6.45, 7) is 3.79. The number of nitrogens with two attached hydrogens (primary N) is 1. The van der Waals surface area contributed by atoms with E-state index in [9.17, 15) is 13.6 Å². The molecule has 8 heteroatoms. The van der Waals surface area contributed by atoms with E-state index in [1.165, 1.54) is 6.20 Å². The largest absolute Gasteiger partial charge is 0.319 e. The zero-order valence-corrected chi connectivity index (χ0v) is 11.5. The van der Waals surface area contributed by atoms with Gasteiger partial charge < -0.3 is 10.7 Å². The topological polar surface area (TPSA) is 85.0 Å². The Labute approximate surface area is 119 Å². The third-order valence-corrected chi connectivity index (χ3v) is 2.85. The van der Waals surface area contributed by atoms with Crippen LogP contribution in [0.5, 0.6) is 0 Å². The molecule has 0 radical (unpaired) electrons. The van der Waals surface area contributed by atoms with Gasteiger partial charge in [-0.05, 0) is 26.0 Å². The number of nitrogens with zero attached hydrogens (tertiary/aromatic N) is 2. The number of nitrogens with one attached hydrogen (secondary N) is 2. The van der Waals surface area contributed by atoms with Gasteiger partial charge in [0, 0.05) is 17.7 Å². The van der Waals surface area contributed by atoms with Crippen molar-refractivity contribution in [2.75, 3.05) is 10.7 Å². The SMILES string of the molecule is CC(C)n1nccc1NC(=O)c1cc(F)c(NN)c(F)c1. The van der Waals surface area contributed by atoms with E-state index in [0.29, 0.717) is 5.82 Å². The quantitative estimate of drug-likeness (QED) is 0.597. The van der Waals surface area contributed by atoms with Crippen molar-refractivity contribution in [2.45, 2.75) is 19.9 Å². The van der Waals surface area contributed by atoms with Gasteiger partial charge in [-0.15, -0.1) is 0 Å². The summed E-state index contributed by atoms with van der Waals surface area (Å²) in [4.78, 5) is 12.1. The van der Waals surface area contributed by atoms with Crippen LogP contribution in [0.25, 0.3) is 0 Å². The molecular formula is C13H15F2N5O. The van der Waals surface area contributed by atoms with Gasteiger partial charge in [-0.25, -0.2) is 13.5 Å². The normalized spacial score (nSPS) is 10.8. The molecule has 4 N–H and O–H groups in total. The zero-order valence-electron chi connectivity index (χ0n) is 11.5. The minimum absolute atomic E-state index is 0.0348. The lowest BCUT2D eigenvalue weighted by Crippen LogP contribution is -2.18. The van der Waals surface area contributed by atoms with Crippen LogP contribution in [0.1, 0.15) is 30.2 Å². The molecule has 0 aliphatic heterocycles. The first-order chi connectivity index (χ1) is 9.93. The standard InChI is InChI=1S/C13H15F2N5O/c1-7(2)20-11(3-4-17-20)18-13(21)8-5-9(14)12(19-16)10(15)6-8/h3-7,19H,16H2,1-2H3,(H,18,21). The number of hydrogen-bond acceptors (Lipinski definition) is 4. The monoisotopic (exact) mass is 295 g/mol. The second-order valence-corrected chi connectivity index (χ2v) is 4.67. The summed E-state index contributed by atoms with van der Waals surface area (Å²) in [6.07, 6.45) is 1.53. The van der Waals surface area contributed by atoms with E-state index >= 15 is 0 Å². The summed E-state index contributed by atoms with van der Waals surface area (Å²) in [6, 6.07) is 3.45. The van der Waals surface area contributed by atoms with E-state index in [-0.39, 0.29) is 11.6 Å². The number of anilines is 2. The molecular weight excluding hydrogens is 280 g/mol. The van der Waals surface area contributed by atoms with Crippen LogP contribution >= 0.6 is 0 Å². The zero-order chi connectivity index (χ0) is 15.6. The summed E-state index contributed by atoms with van der Waals surface area (Å²) in [5, 5.41) is 6.61. The molecule has 21 heavy (non-hydrogen) atoms. The molecule has 1 aromatic heterocycles. The molecule has 1 amide bonds. The fourth-order valence-electron chi connectivity index (χ4n) is 1.86. The number of nitrogen functional groups attached to an aromatic ring is 1. The van der Waals surface area contributed by atoms with E-state index in [1.54, 1.807) is 10.7 Å². The van der Waals surface area contributed by atoms with Gasteiger partial charge in [-0.2, -0.15) is 5.10 Å². The van der Waals surface area contributed by atoms with Crippen molar-refractivity contribution in [1.82, 2.24) is 9.78 Å². The second-order valence-electron chi connectivity index (χ2n) is 4.67. The summed E-state index contributed by atoms with van der Waals surface area (Å²) in [5.41, 5.74) is 1.26. The van der Waals surface area contributed by atoms with E-state index in [2.05, 4.69) is 10.4 Å². The van der Waals surface area contributed by atoms with Gasteiger partial charge in [0.1, 0.15) is 11.5 Å². The molecule has 0 saturated heterocycles. The van der Waals surface area contributed by atoms with Crippen molar-refractivity contribution in [2.24, 2.45) is 5.84 Å². The van der Waals surface area contributed by atoms with E-state index in [1.807, 2.05) is 19.3 Å². The maximum Gasteiger partial charge on any atom is 0.257 e. The number of hydrogen-bond donors (Lipinski definition) is 3. The molecule has 0 bridgehead atoms. The lowest BCUT2D eigenvalue weighted by atomic mass is 10.1. The van der Waals surface area contributed by atoms with Gasteiger partial charge in [-0.1, -0.05) is 0 Å². The molecule has 1 aromatic carbocycles. The maximum absolute atomic E-state index is 13.6. The van der Waals surface area contributed by atoms with Crippen LogP contribution in [0.3, 0.4) is 0 Å². The first kappa shape index (κ1) is 14.9. The van der Waals surface area contributed by atoms with Gasteiger partial charge in [0.2, 0.25) is 0 Å². The molecule has 0 atom stereocenters. The molecule has 0 fully saturated rings. The molecule has 0 aliphatic rings. The van der Waals surface area contributed by atoms with Crippen molar-refractivity contribution in [3.8, 4) is 0 Å². The smallest absolute Gasteiger partial charge is 0.257 e. The Balaban J connectivity index is 2.27. The molecule has 112 valence electrons. The Bertz CT molecular complexity index is 645. The molecule has 0 unspecified atom stereocenters. The lowest BCUT2D eigenvalue weighted by Gasteiger charge is -2.12. The van der Waals surface area contributed by atoms with Crippen molar-refractivity contribution < 1.29 is 13.6 Å². The number of benzene rings is 1. The van der Waals surface area contributed by atoms with Crippen LogP contribution in [0, 0.1) is 11.6 Å². The van der Waals surface area contributed by atoms with Crippen molar-refractivity contribution in [1.29, 1.82) is 0 Å². The average molecular weight is 295 g/mol. The minimum atomic E-state index is -0.944. The summed E-state index contributed by atoms with van der Waals surface area (Å²) < 4.78 is 28.7. The van der Waals surface area contributed by atoms with Gasteiger partial charge in [0.15, 0.2) is 11.6 Å². The lowest BCUT2D eigenvalue weighted by molar-refractivity contribution is 0.102. The maximum atomic E-state index is 13.6. The Morgan fingerprint density at radius 3 is 2.48 bits per heavy atom. The van der Waals surface area contributed by atoms with Crippen LogP contribution in [0.15, 0.2) is 24.4 Å². The third-order valence-electron chi connectivity index (χ3n) is 2.85. The number of carbonyl (C=O) groups is 1. The molecule has 2 rings (SSSR count). The van der Waals surface area contributed by atoms with Gasteiger partial charge in [0.05, 0.1) is 6.20 Å². The number of halogens is 2. The fourth-order valence-corrected chi connectivity index (χ4v) is 1.86. The highest BCUT2D eigenvalue weighted by Gasteiger charge is 2.16. The Morgan fingerprint density at radius 2 is 1.95 bits per heavy atom. The van der Waals surface area contributed by atoms with Crippen molar-refractivity contribution in [3.63, 3.8) is 0 Å². The minimum Gasteiger partial charge on any atom is -0.319 e. The van der Waals surface area contributed by atoms with Crippen LogP contribution in [0.2, 0.25) is 0 Å². The third kappa shape index (κ3) is 3.00. The second kappa shape index (κ2) is 5.88. The predicted molar refractivity (Wildman–Crippen MR) is 74.7 cm³/mol. The molecule has 2 aromatic rings. The van der Waals surface area contributed by atoms with Crippen molar-refractivity contribution >= 4 is 17.4 Å². The Hall–Kier alpha value is -2.48. The first-order valence-electron chi connectivity index (χ1n) is 6.24. The van der Waals surface area contributed by atoms with E-state index < -0.39 is 23.2 Å². The van der Waals surface area contributed by atoms with Crippen LogP contribution in [-0.4, -0.2) is 15.7 Å². The van der Waals surface area contributed by atoms with Crippen molar-refractivity contribution in [3.05, 3.63) is 41.6 Å². The highest BCUT2D eigenvalue weighted by atomic mass is 19.1. The summed E-state index contributed by atoms with van der Waals surface area (Å²) >= 11 is 0. The van der Waals surface area contributed by atoms with E-state index in [4.69, 9.17) is 5.84 Å².